The third-order valence-electron chi connectivity index (χ3n) is 2.81. The van der Waals surface area contributed by atoms with Crippen LogP contribution in [0.15, 0.2) is 10.6 Å². The highest BCUT2D eigenvalue weighted by Gasteiger charge is 2.19. The molecule has 1 aliphatic heterocycles. The molecule has 0 atom stereocenters. The molecule has 0 aliphatic carbocycles. The number of rotatable bonds is 3. The molecule has 0 spiro atoms. The van der Waals surface area contributed by atoms with Crippen LogP contribution in [0.3, 0.4) is 0 Å². The first-order chi connectivity index (χ1) is 8.13. The lowest BCUT2D eigenvalue weighted by molar-refractivity contribution is -0.118. The summed E-state index contributed by atoms with van der Waals surface area (Å²) in [6, 6.07) is 1.68. The number of likely N-dealkylation sites (tertiary alicyclic amines) is 1. The Morgan fingerprint density at radius 1 is 1.65 bits per heavy atom. The van der Waals surface area contributed by atoms with E-state index >= 15 is 0 Å². The van der Waals surface area contributed by atoms with Crippen molar-refractivity contribution in [1.82, 2.24) is 10.1 Å². The summed E-state index contributed by atoms with van der Waals surface area (Å²) in [6.45, 7) is 3.63. The van der Waals surface area contributed by atoms with Crippen LogP contribution in [0.1, 0.15) is 18.5 Å². The van der Waals surface area contributed by atoms with Gasteiger partial charge in [-0.05, 0) is 19.8 Å². The highest BCUT2D eigenvalue weighted by Crippen LogP contribution is 2.11. The van der Waals surface area contributed by atoms with Gasteiger partial charge in [0.1, 0.15) is 0 Å². The van der Waals surface area contributed by atoms with E-state index in [1.807, 2.05) is 4.90 Å². The number of nitrogens with one attached hydrogen (secondary N) is 1. The van der Waals surface area contributed by atoms with Gasteiger partial charge in [-0.25, -0.2) is 0 Å². The molecule has 1 saturated heterocycles. The van der Waals surface area contributed by atoms with Crippen LogP contribution in [-0.2, 0) is 4.79 Å². The average Bonchev–Trinajstić information content (AvgIpc) is 2.67. The van der Waals surface area contributed by atoms with E-state index < -0.39 is 0 Å². The van der Waals surface area contributed by atoms with Crippen molar-refractivity contribution in [2.45, 2.75) is 25.9 Å². The van der Waals surface area contributed by atoms with Gasteiger partial charge in [-0.3, -0.25) is 15.0 Å². The van der Waals surface area contributed by atoms with E-state index in [-0.39, 0.29) is 12.0 Å². The van der Waals surface area contributed by atoms with E-state index in [2.05, 4.69) is 10.5 Å². The van der Waals surface area contributed by atoms with Gasteiger partial charge in [0.05, 0.1) is 18.3 Å². The van der Waals surface area contributed by atoms with Crippen LogP contribution in [0.5, 0.6) is 0 Å². The number of aliphatic hydroxyl groups excluding tert-OH is 1. The fourth-order valence-electron chi connectivity index (χ4n) is 1.88. The Kier molecular flexibility index (Phi) is 3.75. The fraction of sp³-hybridized carbons (Fsp3) is 0.636. The molecule has 0 aromatic carbocycles. The molecule has 2 rings (SSSR count). The van der Waals surface area contributed by atoms with E-state index in [0.29, 0.717) is 12.4 Å². The third kappa shape index (κ3) is 3.54. The number of nitrogens with zero attached hydrogens (tertiary/aromatic N) is 2. The first kappa shape index (κ1) is 12.1. The second-order valence-corrected chi connectivity index (χ2v) is 4.39. The highest BCUT2D eigenvalue weighted by atomic mass is 16.5. The molecule has 1 aromatic heterocycles. The van der Waals surface area contributed by atoms with E-state index in [4.69, 9.17) is 4.52 Å². The summed E-state index contributed by atoms with van der Waals surface area (Å²) in [5.41, 5.74) is 0.737. The van der Waals surface area contributed by atoms with Crippen LogP contribution in [0, 0.1) is 6.92 Å². The standard InChI is InChI=1S/C11H17N3O3/c1-8-6-11(17-13-8)12-10(16)7-14-4-2-9(15)3-5-14/h6,9,15H,2-5,7H2,1H3,(H,12,16). The maximum atomic E-state index is 11.7. The summed E-state index contributed by atoms with van der Waals surface area (Å²) in [7, 11) is 0. The molecule has 1 aliphatic rings. The Morgan fingerprint density at radius 3 is 2.94 bits per heavy atom. The molecule has 1 amide bonds. The summed E-state index contributed by atoms with van der Waals surface area (Å²) in [5, 5.41) is 15.7. The van der Waals surface area contributed by atoms with Crippen LogP contribution in [0.25, 0.3) is 0 Å². The van der Waals surface area contributed by atoms with Gasteiger partial charge in [-0.2, -0.15) is 0 Å². The number of hydrogen-bond acceptors (Lipinski definition) is 5. The Balaban J connectivity index is 1.77. The fourth-order valence-corrected chi connectivity index (χ4v) is 1.88. The number of piperidine rings is 1. The Morgan fingerprint density at radius 2 is 2.35 bits per heavy atom. The number of aliphatic hydroxyl groups is 1. The van der Waals surface area contributed by atoms with Crippen LogP contribution < -0.4 is 5.32 Å². The van der Waals surface area contributed by atoms with Crippen LogP contribution in [0.2, 0.25) is 0 Å². The molecule has 1 aromatic rings. The van der Waals surface area contributed by atoms with E-state index in [9.17, 15) is 9.90 Å². The van der Waals surface area contributed by atoms with Crippen LogP contribution in [-0.4, -0.2) is 46.8 Å². The molecule has 6 nitrogen and oxygen atoms in total. The second kappa shape index (κ2) is 5.29. The van der Waals surface area contributed by atoms with Crippen molar-refractivity contribution in [1.29, 1.82) is 0 Å². The predicted molar refractivity (Wildman–Crippen MR) is 61.6 cm³/mol. The number of carbonyl (C=O) groups excluding carboxylic acids is 1. The zero-order valence-electron chi connectivity index (χ0n) is 9.85. The minimum absolute atomic E-state index is 0.113. The molecule has 17 heavy (non-hydrogen) atoms. The number of hydrogen-bond donors (Lipinski definition) is 2. The van der Waals surface area contributed by atoms with Crippen LogP contribution >= 0.6 is 0 Å². The number of anilines is 1. The van der Waals surface area contributed by atoms with Crippen LogP contribution in [0.4, 0.5) is 5.88 Å². The third-order valence-corrected chi connectivity index (χ3v) is 2.81. The van der Waals surface area contributed by atoms with Gasteiger partial charge in [0.2, 0.25) is 11.8 Å². The molecule has 2 N–H and O–H groups in total. The molecular weight excluding hydrogens is 222 g/mol. The Labute approximate surface area is 99.6 Å². The Hall–Kier alpha value is -1.40. The summed E-state index contributed by atoms with van der Waals surface area (Å²) < 4.78 is 4.90. The maximum Gasteiger partial charge on any atom is 0.240 e. The topological polar surface area (TPSA) is 78.6 Å². The molecular formula is C11H17N3O3. The summed E-state index contributed by atoms with van der Waals surface area (Å²) in [6.07, 6.45) is 1.25. The largest absolute Gasteiger partial charge is 0.393 e. The minimum Gasteiger partial charge on any atom is -0.393 e. The highest BCUT2D eigenvalue weighted by molar-refractivity contribution is 5.90. The quantitative estimate of drug-likeness (QED) is 0.797. The normalized spacial score (nSPS) is 18.2. The first-order valence-corrected chi connectivity index (χ1v) is 5.77. The smallest absolute Gasteiger partial charge is 0.240 e. The van der Waals surface area contributed by atoms with Gasteiger partial charge in [0, 0.05) is 19.2 Å². The van der Waals surface area contributed by atoms with Gasteiger partial charge in [0.25, 0.3) is 0 Å². The van der Waals surface area contributed by atoms with Gasteiger partial charge in [0.15, 0.2) is 0 Å². The lowest BCUT2D eigenvalue weighted by atomic mass is 10.1. The molecule has 94 valence electrons. The number of carbonyl (C=O) groups is 1. The van der Waals surface area contributed by atoms with Crippen molar-refractivity contribution >= 4 is 11.8 Å². The lowest BCUT2D eigenvalue weighted by Crippen LogP contribution is -2.40. The van der Waals surface area contributed by atoms with Crippen molar-refractivity contribution in [2.24, 2.45) is 0 Å². The van der Waals surface area contributed by atoms with Gasteiger partial charge in [-0.15, -0.1) is 0 Å². The van der Waals surface area contributed by atoms with E-state index in [1.165, 1.54) is 0 Å². The van der Waals surface area contributed by atoms with Crippen molar-refractivity contribution in [3.8, 4) is 0 Å². The van der Waals surface area contributed by atoms with Gasteiger partial charge >= 0.3 is 0 Å². The summed E-state index contributed by atoms with van der Waals surface area (Å²) in [4.78, 5) is 13.7. The number of aromatic nitrogens is 1. The summed E-state index contributed by atoms with van der Waals surface area (Å²) in [5.74, 6) is 0.266. The van der Waals surface area contributed by atoms with Crippen molar-refractivity contribution in [3.63, 3.8) is 0 Å². The second-order valence-electron chi connectivity index (χ2n) is 4.39. The minimum atomic E-state index is -0.216. The average molecular weight is 239 g/mol. The monoisotopic (exact) mass is 239 g/mol. The maximum absolute atomic E-state index is 11.7. The lowest BCUT2D eigenvalue weighted by Gasteiger charge is -2.28. The molecule has 2 heterocycles. The molecule has 6 heteroatoms. The molecule has 0 radical (unpaired) electrons. The molecule has 0 unspecified atom stereocenters. The molecule has 0 saturated carbocycles. The van der Waals surface area contributed by atoms with Gasteiger partial charge in [-0.1, -0.05) is 5.16 Å². The SMILES string of the molecule is Cc1cc(NC(=O)CN2CCC(O)CC2)on1. The number of aryl methyl sites for hydroxylation is 1. The van der Waals surface area contributed by atoms with Gasteiger partial charge < -0.3 is 9.63 Å². The van der Waals surface area contributed by atoms with E-state index in [1.54, 1.807) is 13.0 Å². The zero-order chi connectivity index (χ0) is 12.3. The number of amides is 1. The summed E-state index contributed by atoms with van der Waals surface area (Å²) >= 11 is 0. The first-order valence-electron chi connectivity index (χ1n) is 5.77. The molecule has 0 bridgehead atoms. The zero-order valence-corrected chi connectivity index (χ0v) is 9.85. The van der Waals surface area contributed by atoms with E-state index in [0.717, 1.165) is 31.6 Å². The Bertz CT molecular complexity index is 383. The molecule has 1 fully saturated rings. The predicted octanol–water partition coefficient (Wildman–Crippen LogP) is 0.378. The van der Waals surface area contributed by atoms with Crippen molar-refractivity contribution in [3.05, 3.63) is 11.8 Å². The van der Waals surface area contributed by atoms with Crippen molar-refractivity contribution in [2.75, 3.05) is 25.0 Å². The van der Waals surface area contributed by atoms with Crippen molar-refractivity contribution < 1.29 is 14.4 Å².